The third-order valence-electron chi connectivity index (χ3n) is 1.96. The zero-order valence-electron chi connectivity index (χ0n) is 8.90. The molecular formula is C10H19Cl2N3. The summed E-state index contributed by atoms with van der Waals surface area (Å²) in [6, 6.07) is 1.83. The second-order valence-electron chi connectivity index (χ2n) is 3.10. The zero-order chi connectivity index (χ0) is 9.52. The zero-order valence-corrected chi connectivity index (χ0v) is 10.5. The van der Waals surface area contributed by atoms with Gasteiger partial charge in [0.2, 0.25) is 0 Å². The Morgan fingerprint density at radius 1 is 1.40 bits per heavy atom. The lowest BCUT2D eigenvalue weighted by Crippen LogP contribution is -2.15. The van der Waals surface area contributed by atoms with Crippen molar-refractivity contribution < 1.29 is 0 Å². The molecule has 0 fully saturated rings. The van der Waals surface area contributed by atoms with Crippen LogP contribution >= 0.6 is 24.8 Å². The molecule has 3 N–H and O–H groups in total. The smallest absolute Gasteiger partial charge is 0.0390 e. The normalized spacial score (nSPS) is 8.87. The summed E-state index contributed by atoms with van der Waals surface area (Å²) >= 11 is 0. The molecule has 0 aliphatic heterocycles. The van der Waals surface area contributed by atoms with E-state index < -0.39 is 0 Å². The fourth-order valence-electron chi connectivity index (χ4n) is 1.11. The Kier molecular flexibility index (Phi) is 11.3. The second kappa shape index (κ2) is 10.0. The molecule has 1 heterocycles. The molecule has 0 bridgehead atoms. The SMILES string of the molecule is CCCCNCc1cnccc1N.Cl.Cl. The highest BCUT2D eigenvalue weighted by molar-refractivity contribution is 5.85. The summed E-state index contributed by atoms with van der Waals surface area (Å²) in [5, 5.41) is 3.32. The number of unbranched alkanes of at least 4 members (excludes halogenated alkanes) is 1. The predicted molar refractivity (Wildman–Crippen MR) is 69.8 cm³/mol. The van der Waals surface area contributed by atoms with Crippen LogP contribution in [0.3, 0.4) is 0 Å². The van der Waals surface area contributed by atoms with E-state index in [1.54, 1.807) is 6.20 Å². The van der Waals surface area contributed by atoms with Crippen LogP contribution in [0.1, 0.15) is 25.3 Å². The number of nitrogen functional groups attached to an aromatic ring is 1. The van der Waals surface area contributed by atoms with E-state index >= 15 is 0 Å². The predicted octanol–water partition coefficient (Wildman–Crippen LogP) is 2.40. The molecule has 0 unspecified atom stereocenters. The molecule has 0 saturated heterocycles. The summed E-state index contributed by atoms with van der Waals surface area (Å²) in [5.41, 5.74) is 7.66. The summed E-state index contributed by atoms with van der Waals surface area (Å²) in [4.78, 5) is 4.02. The lowest BCUT2D eigenvalue weighted by Gasteiger charge is -2.05. The Hall–Kier alpha value is -0.510. The molecule has 1 rings (SSSR count). The van der Waals surface area contributed by atoms with Crippen LogP contribution in [0.15, 0.2) is 18.5 Å². The van der Waals surface area contributed by atoms with Crippen molar-refractivity contribution in [3.8, 4) is 0 Å². The van der Waals surface area contributed by atoms with Crippen molar-refractivity contribution in [3.05, 3.63) is 24.0 Å². The number of nitrogens with one attached hydrogen (secondary N) is 1. The Morgan fingerprint density at radius 3 is 2.73 bits per heavy atom. The minimum atomic E-state index is 0. The van der Waals surface area contributed by atoms with E-state index in [0.29, 0.717) is 0 Å². The van der Waals surface area contributed by atoms with E-state index in [1.165, 1.54) is 12.8 Å². The van der Waals surface area contributed by atoms with Crippen LogP contribution in [0.4, 0.5) is 5.69 Å². The standard InChI is InChI=1S/C10H17N3.2ClH/c1-2-3-5-12-7-9-8-13-6-4-10(9)11;;/h4,6,8,12H,2-3,5,7H2,1H3,(H2,11,13);2*1H. The van der Waals surface area contributed by atoms with Crippen LogP contribution in [-0.2, 0) is 6.54 Å². The number of hydrogen-bond acceptors (Lipinski definition) is 3. The molecule has 0 aliphatic rings. The minimum Gasteiger partial charge on any atom is -0.398 e. The highest BCUT2D eigenvalue weighted by Crippen LogP contribution is 2.07. The van der Waals surface area contributed by atoms with Gasteiger partial charge >= 0.3 is 0 Å². The average molecular weight is 252 g/mol. The number of halogens is 2. The Morgan fingerprint density at radius 2 is 2.13 bits per heavy atom. The fourth-order valence-corrected chi connectivity index (χ4v) is 1.11. The molecule has 1 aromatic rings. The van der Waals surface area contributed by atoms with Crippen molar-refractivity contribution in [3.63, 3.8) is 0 Å². The number of rotatable bonds is 5. The third kappa shape index (κ3) is 6.55. The van der Waals surface area contributed by atoms with Gasteiger partial charge < -0.3 is 11.1 Å². The molecule has 0 atom stereocenters. The van der Waals surface area contributed by atoms with Crippen molar-refractivity contribution in [2.24, 2.45) is 0 Å². The maximum atomic E-state index is 5.76. The molecule has 0 saturated carbocycles. The first-order chi connectivity index (χ1) is 6.34. The van der Waals surface area contributed by atoms with E-state index in [1.807, 2.05) is 12.3 Å². The monoisotopic (exact) mass is 251 g/mol. The number of hydrogen-bond donors (Lipinski definition) is 2. The van der Waals surface area contributed by atoms with E-state index in [2.05, 4.69) is 17.2 Å². The Labute approximate surface area is 104 Å². The van der Waals surface area contributed by atoms with Crippen LogP contribution in [0.25, 0.3) is 0 Å². The van der Waals surface area contributed by atoms with Crippen LogP contribution in [-0.4, -0.2) is 11.5 Å². The molecule has 0 radical (unpaired) electrons. The van der Waals surface area contributed by atoms with Crippen molar-refractivity contribution in [1.29, 1.82) is 0 Å². The lowest BCUT2D eigenvalue weighted by molar-refractivity contribution is 0.641. The number of aromatic nitrogens is 1. The largest absolute Gasteiger partial charge is 0.398 e. The Balaban J connectivity index is 0. The van der Waals surface area contributed by atoms with Gasteiger partial charge in [-0.1, -0.05) is 13.3 Å². The minimum absolute atomic E-state index is 0. The first-order valence-corrected chi connectivity index (χ1v) is 4.73. The first kappa shape index (κ1) is 16.9. The quantitative estimate of drug-likeness (QED) is 0.791. The van der Waals surface area contributed by atoms with Crippen LogP contribution in [0.5, 0.6) is 0 Å². The van der Waals surface area contributed by atoms with E-state index in [-0.39, 0.29) is 24.8 Å². The molecule has 15 heavy (non-hydrogen) atoms. The molecule has 3 nitrogen and oxygen atoms in total. The molecule has 0 aliphatic carbocycles. The van der Waals surface area contributed by atoms with Gasteiger partial charge in [-0.3, -0.25) is 4.98 Å². The van der Waals surface area contributed by atoms with Gasteiger partial charge in [0.15, 0.2) is 0 Å². The second-order valence-corrected chi connectivity index (χ2v) is 3.10. The fraction of sp³-hybridized carbons (Fsp3) is 0.500. The first-order valence-electron chi connectivity index (χ1n) is 4.73. The average Bonchev–Trinajstić information content (AvgIpc) is 2.15. The molecule has 0 amide bonds. The van der Waals surface area contributed by atoms with Gasteiger partial charge in [0, 0.05) is 30.2 Å². The van der Waals surface area contributed by atoms with Crippen LogP contribution in [0.2, 0.25) is 0 Å². The topological polar surface area (TPSA) is 50.9 Å². The number of pyridine rings is 1. The third-order valence-corrected chi connectivity index (χ3v) is 1.96. The van der Waals surface area contributed by atoms with E-state index in [0.717, 1.165) is 24.3 Å². The number of anilines is 1. The maximum Gasteiger partial charge on any atom is 0.0390 e. The van der Waals surface area contributed by atoms with Crippen molar-refractivity contribution in [1.82, 2.24) is 10.3 Å². The van der Waals surface area contributed by atoms with E-state index in [9.17, 15) is 0 Å². The number of nitrogens with two attached hydrogens (primary N) is 1. The van der Waals surface area contributed by atoms with Crippen molar-refractivity contribution >= 4 is 30.5 Å². The molecule has 1 aromatic heterocycles. The van der Waals surface area contributed by atoms with Gasteiger partial charge in [0.1, 0.15) is 0 Å². The van der Waals surface area contributed by atoms with Crippen LogP contribution in [0, 0.1) is 0 Å². The summed E-state index contributed by atoms with van der Waals surface area (Å²) in [6.07, 6.45) is 5.95. The molecular weight excluding hydrogens is 233 g/mol. The highest BCUT2D eigenvalue weighted by Gasteiger charge is 1.96. The molecule has 0 aromatic carbocycles. The van der Waals surface area contributed by atoms with E-state index in [4.69, 9.17) is 5.73 Å². The maximum absolute atomic E-state index is 5.76. The van der Waals surface area contributed by atoms with Gasteiger partial charge in [0.25, 0.3) is 0 Å². The summed E-state index contributed by atoms with van der Waals surface area (Å²) < 4.78 is 0. The number of nitrogens with zero attached hydrogens (tertiary/aromatic N) is 1. The van der Waals surface area contributed by atoms with Crippen molar-refractivity contribution in [2.45, 2.75) is 26.3 Å². The molecule has 0 spiro atoms. The Bertz CT molecular complexity index is 256. The highest BCUT2D eigenvalue weighted by atomic mass is 35.5. The van der Waals surface area contributed by atoms with Crippen molar-refractivity contribution in [2.75, 3.05) is 12.3 Å². The van der Waals surface area contributed by atoms with Crippen LogP contribution < -0.4 is 11.1 Å². The molecule has 5 heteroatoms. The van der Waals surface area contributed by atoms with Gasteiger partial charge in [-0.05, 0) is 19.0 Å². The summed E-state index contributed by atoms with van der Waals surface area (Å²) in [6.45, 7) is 4.05. The van der Waals surface area contributed by atoms with Gasteiger partial charge in [-0.25, -0.2) is 0 Å². The summed E-state index contributed by atoms with van der Waals surface area (Å²) in [5.74, 6) is 0. The van der Waals surface area contributed by atoms with Gasteiger partial charge in [0.05, 0.1) is 0 Å². The van der Waals surface area contributed by atoms with Gasteiger partial charge in [-0.2, -0.15) is 0 Å². The molecule has 88 valence electrons. The summed E-state index contributed by atoms with van der Waals surface area (Å²) in [7, 11) is 0. The van der Waals surface area contributed by atoms with Gasteiger partial charge in [-0.15, -0.1) is 24.8 Å². The lowest BCUT2D eigenvalue weighted by atomic mass is 10.2.